The van der Waals surface area contributed by atoms with Crippen molar-refractivity contribution in [2.45, 2.75) is 45.6 Å². The lowest BCUT2D eigenvalue weighted by molar-refractivity contribution is 0.217. The molecule has 3 unspecified atom stereocenters. The average Bonchev–Trinajstić information content (AvgIpc) is 2.72. The van der Waals surface area contributed by atoms with Gasteiger partial charge in [0.15, 0.2) is 0 Å². The van der Waals surface area contributed by atoms with E-state index in [4.69, 9.17) is 0 Å². The number of aryl methyl sites for hydroxylation is 1. The van der Waals surface area contributed by atoms with Gasteiger partial charge in [-0.25, -0.2) is 4.98 Å². The van der Waals surface area contributed by atoms with Gasteiger partial charge in [-0.15, -0.1) is 0 Å². The van der Waals surface area contributed by atoms with Crippen LogP contribution in [-0.2, 0) is 7.05 Å². The van der Waals surface area contributed by atoms with Gasteiger partial charge >= 0.3 is 0 Å². The van der Waals surface area contributed by atoms with Crippen LogP contribution in [0.3, 0.4) is 0 Å². The molecule has 1 heterocycles. The van der Waals surface area contributed by atoms with Crippen LogP contribution in [0.1, 0.15) is 51.4 Å². The monoisotopic (exact) mass is 235 g/mol. The lowest BCUT2D eigenvalue weighted by atomic mass is 9.78. The highest BCUT2D eigenvalue weighted by Gasteiger charge is 2.29. The van der Waals surface area contributed by atoms with Crippen molar-refractivity contribution in [3.8, 4) is 0 Å². The summed E-state index contributed by atoms with van der Waals surface area (Å²) in [5.74, 6) is 2.82. The van der Waals surface area contributed by atoms with Gasteiger partial charge in [0.05, 0.1) is 6.04 Å². The fourth-order valence-corrected chi connectivity index (χ4v) is 3.15. The van der Waals surface area contributed by atoms with Crippen molar-refractivity contribution in [3.63, 3.8) is 0 Å². The highest BCUT2D eigenvalue weighted by atomic mass is 15.1. The maximum absolute atomic E-state index is 4.54. The quantitative estimate of drug-likeness (QED) is 0.869. The van der Waals surface area contributed by atoms with Crippen molar-refractivity contribution in [2.75, 3.05) is 6.54 Å². The molecular weight excluding hydrogens is 210 g/mol. The molecule has 17 heavy (non-hydrogen) atoms. The third kappa shape index (κ3) is 2.89. The summed E-state index contributed by atoms with van der Waals surface area (Å²) in [4.78, 5) is 4.54. The molecule has 1 saturated carbocycles. The second kappa shape index (κ2) is 5.67. The molecule has 96 valence electrons. The van der Waals surface area contributed by atoms with E-state index in [0.717, 1.165) is 18.4 Å². The van der Waals surface area contributed by atoms with Crippen LogP contribution < -0.4 is 5.32 Å². The fourth-order valence-electron chi connectivity index (χ4n) is 3.15. The Hall–Kier alpha value is -0.830. The second-order valence-electron chi connectivity index (χ2n) is 5.46. The van der Waals surface area contributed by atoms with Gasteiger partial charge in [-0.05, 0) is 31.2 Å². The van der Waals surface area contributed by atoms with Gasteiger partial charge in [-0.2, -0.15) is 0 Å². The van der Waals surface area contributed by atoms with Crippen molar-refractivity contribution in [1.29, 1.82) is 0 Å². The highest BCUT2D eigenvalue weighted by molar-refractivity contribution is 5.02. The molecule has 1 aromatic heterocycles. The molecule has 0 amide bonds. The number of hydrogen-bond acceptors (Lipinski definition) is 2. The molecular formula is C14H25N3. The van der Waals surface area contributed by atoms with Gasteiger partial charge in [0.1, 0.15) is 5.82 Å². The van der Waals surface area contributed by atoms with E-state index in [1.807, 2.05) is 12.4 Å². The van der Waals surface area contributed by atoms with Crippen LogP contribution in [-0.4, -0.2) is 16.1 Å². The molecule has 0 aliphatic heterocycles. The van der Waals surface area contributed by atoms with E-state index >= 15 is 0 Å². The van der Waals surface area contributed by atoms with Crippen LogP contribution in [0.4, 0.5) is 0 Å². The molecule has 0 aromatic carbocycles. The molecule has 1 aromatic rings. The Bertz CT molecular complexity index is 345. The first-order valence-electron chi connectivity index (χ1n) is 6.93. The Labute approximate surface area is 105 Å². The zero-order chi connectivity index (χ0) is 12.3. The van der Waals surface area contributed by atoms with Gasteiger partial charge in [0.25, 0.3) is 0 Å². The zero-order valence-corrected chi connectivity index (χ0v) is 11.3. The van der Waals surface area contributed by atoms with Crippen molar-refractivity contribution in [2.24, 2.45) is 18.9 Å². The minimum absolute atomic E-state index is 0.433. The minimum Gasteiger partial charge on any atom is -0.337 e. The first-order chi connectivity index (χ1) is 8.22. The van der Waals surface area contributed by atoms with Gasteiger partial charge in [0.2, 0.25) is 0 Å². The van der Waals surface area contributed by atoms with E-state index in [1.165, 1.54) is 31.5 Å². The molecule has 0 bridgehead atoms. The summed E-state index contributed by atoms with van der Waals surface area (Å²) < 4.78 is 2.16. The SMILES string of the molecule is CCNC(c1nccn1C)C1CCCC(C)C1. The van der Waals surface area contributed by atoms with Crippen LogP contribution in [0.15, 0.2) is 12.4 Å². The van der Waals surface area contributed by atoms with Crippen molar-refractivity contribution >= 4 is 0 Å². The molecule has 1 aliphatic carbocycles. The summed E-state index contributed by atoms with van der Waals surface area (Å²) in [6.45, 7) is 5.58. The lowest BCUT2D eigenvalue weighted by Gasteiger charge is -2.33. The summed E-state index contributed by atoms with van der Waals surface area (Å²) in [5, 5.41) is 3.63. The summed E-state index contributed by atoms with van der Waals surface area (Å²) >= 11 is 0. The van der Waals surface area contributed by atoms with Crippen LogP contribution in [0.5, 0.6) is 0 Å². The predicted molar refractivity (Wildman–Crippen MR) is 70.7 cm³/mol. The summed E-state index contributed by atoms with van der Waals surface area (Å²) in [6, 6.07) is 0.433. The number of nitrogens with one attached hydrogen (secondary N) is 1. The van der Waals surface area contributed by atoms with E-state index in [1.54, 1.807) is 0 Å². The Morgan fingerprint density at radius 3 is 2.94 bits per heavy atom. The lowest BCUT2D eigenvalue weighted by Crippen LogP contribution is -2.33. The smallest absolute Gasteiger partial charge is 0.125 e. The van der Waals surface area contributed by atoms with Crippen LogP contribution in [0.2, 0.25) is 0 Å². The van der Waals surface area contributed by atoms with Crippen molar-refractivity contribution in [3.05, 3.63) is 18.2 Å². The molecule has 3 heteroatoms. The molecule has 3 nitrogen and oxygen atoms in total. The largest absolute Gasteiger partial charge is 0.337 e. The van der Waals surface area contributed by atoms with Crippen molar-refractivity contribution < 1.29 is 0 Å². The number of aromatic nitrogens is 2. The Balaban J connectivity index is 2.14. The fraction of sp³-hybridized carbons (Fsp3) is 0.786. The molecule has 1 aliphatic rings. The molecule has 1 N–H and O–H groups in total. The summed E-state index contributed by atoms with van der Waals surface area (Å²) in [7, 11) is 2.10. The molecule has 0 radical (unpaired) electrons. The van der Waals surface area contributed by atoms with E-state index in [-0.39, 0.29) is 0 Å². The number of hydrogen-bond donors (Lipinski definition) is 1. The Morgan fingerprint density at radius 2 is 2.35 bits per heavy atom. The van der Waals surface area contributed by atoms with Gasteiger partial charge in [-0.3, -0.25) is 0 Å². The maximum Gasteiger partial charge on any atom is 0.125 e. The van der Waals surface area contributed by atoms with Crippen LogP contribution in [0.25, 0.3) is 0 Å². The molecule has 3 atom stereocenters. The molecule has 2 rings (SSSR count). The summed E-state index contributed by atoms with van der Waals surface area (Å²) in [6.07, 6.45) is 9.41. The Morgan fingerprint density at radius 1 is 1.53 bits per heavy atom. The van der Waals surface area contributed by atoms with E-state index in [2.05, 4.69) is 35.8 Å². The van der Waals surface area contributed by atoms with Crippen LogP contribution >= 0.6 is 0 Å². The van der Waals surface area contributed by atoms with Gasteiger partial charge in [-0.1, -0.05) is 26.7 Å². The van der Waals surface area contributed by atoms with Crippen LogP contribution in [0, 0.1) is 11.8 Å². The predicted octanol–water partition coefficient (Wildman–Crippen LogP) is 2.90. The molecule has 1 fully saturated rings. The second-order valence-corrected chi connectivity index (χ2v) is 5.46. The molecule has 0 spiro atoms. The van der Waals surface area contributed by atoms with Crippen molar-refractivity contribution in [1.82, 2.24) is 14.9 Å². The third-order valence-corrected chi connectivity index (χ3v) is 4.01. The van der Waals surface area contributed by atoms with Gasteiger partial charge < -0.3 is 9.88 Å². The first-order valence-corrected chi connectivity index (χ1v) is 6.93. The molecule has 0 saturated heterocycles. The number of nitrogens with zero attached hydrogens (tertiary/aromatic N) is 2. The van der Waals surface area contributed by atoms with E-state index in [0.29, 0.717) is 6.04 Å². The van der Waals surface area contributed by atoms with E-state index < -0.39 is 0 Å². The normalized spacial score (nSPS) is 27.0. The average molecular weight is 235 g/mol. The zero-order valence-electron chi connectivity index (χ0n) is 11.3. The Kier molecular flexibility index (Phi) is 4.21. The highest BCUT2D eigenvalue weighted by Crippen LogP contribution is 2.36. The number of rotatable bonds is 4. The third-order valence-electron chi connectivity index (χ3n) is 4.01. The number of imidazole rings is 1. The van der Waals surface area contributed by atoms with Gasteiger partial charge in [0, 0.05) is 19.4 Å². The maximum atomic E-state index is 4.54. The minimum atomic E-state index is 0.433. The summed E-state index contributed by atoms with van der Waals surface area (Å²) in [5.41, 5.74) is 0. The topological polar surface area (TPSA) is 29.9 Å². The van der Waals surface area contributed by atoms with E-state index in [9.17, 15) is 0 Å². The first kappa shape index (κ1) is 12.6. The standard InChI is InChI=1S/C14H25N3/c1-4-15-13(14-16-8-9-17(14)3)12-7-5-6-11(2)10-12/h8-9,11-13,15H,4-7,10H2,1-3H3.